The minimum Gasteiger partial charge on any atom is -0.497 e. The second-order valence-corrected chi connectivity index (χ2v) is 5.66. The lowest BCUT2D eigenvalue weighted by Crippen LogP contribution is -2.40. The van der Waals surface area contributed by atoms with Gasteiger partial charge in [-0.05, 0) is 42.2 Å². The molecule has 0 saturated carbocycles. The van der Waals surface area contributed by atoms with E-state index in [1.807, 2.05) is 6.07 Å². The number of hydrogen-bond acceptors (Lipinski definition) is 3. The van der Waals surface area contributed by atoms with Crippen LogP contribution in [0.1, 0.15) is 23.6 Å². The van der Waals surface area contributed by atoms with Gasteiger partial charge in [0.2, 0.25) is 0 Å². The molecule has 0 radical (unpaired) electrons. The van der Waals surface area contributed by atoms with Gasteiger partial charge in [-0.2, -0.15) is 0 Å². The Morgan fingerprint density at radius 2 is 2.10 bits per heavy atom. The van der Waals surface area contributed by atoms with Crippen molar-refractivity contribution in [2.45, 2.75) is 18.9 Å². The highest BCUT2D eigenvalue weighted by Gasteiger charge is 2.32. The maximum Gasteiger partial charge on any atom is 0.143 e. The first-order chi connectivity index (χ1) is 10.4. The van der Waals surface area contributed by atoms with Crippen LogP contribution in [0, 0.1) is 0 Å². The average molecular weight is 281 g/mol. The highest BCUT2D eigenvalue weighted by Crippen LogP contribution is 2.44. The van der Waals surface area contributed by atoms with Crippen LogP contribution < -0.4 is 14.4 Å². The zero-order chi connectivity index (χ0) is 14.2. The second-order valence-electron chi connectivity index (χ2n) is 5.66. The van der Waals surface area contributed by atoms with Gasteiger partial charge in [0.25, 0.3) is 0 Å². The van der Waals surface area contributed by atoms with Crippen LogP contribution in [0.4, 0.5) is 5.69 Å². The van der Waals surface area contributed by atoms with Crippen molar-refractivity contribution in [3.8, 4) is 11.5 Å². The molecule has 3 heteroatoms. The molecule has 4 rings (SSSR count). The van der Waals surface area contributed by atoms with Gasteiger partial charge in [0.1, 0.15) is 18.1 Å². The zero-order valence-electron chi connectivity index (χ0n) is 12.2. The highest BCUT2D eigenvalue weighted by atomic mass is 16.5. The van der Waals surface area contributed by atoms with E-state index in [0.717, 1.165) is 24.5 Å². The fourth-order valence-electron chi connectivity index (χ4n) is 3.46. The van der Waals surface area contributed by atoms with Crippen LogP contribution in [0.5, 0.6) is 11.5 Å². The van der Waals surface area contributed by atoms with E-state index in [0.29, 0.717) is 6.61 Å². The maximum absolute atomic E-state index is 6.03. The van der Waals surface area contributed by atoms with E-state index in [9.17, 15) is 0 Å². The summed E-state index contributed by atoms with van der Waals surface area (Å²) in [5, 5.41) is 0. The largest absolute Gasteiger partial charge is 0.497 e. The number of methoxy groups -OCH3 is 1. The van der Waals surface area contributed by atoms with Crippen molar-refractivity contribution in [3.63, 3.8) is 0 Å². The first-order valence-electron chi connectivity index (χ1n) is 7.52. The van der Waals surface area contributed by atoms with E-state index in [4.69, 9.17) is 9.47 Å². The fourth-order valence-corrected chi connectivity index (χ4v) is 3.46. The molecule has 2 aliphatic heterocycles. The van der Waals surface area contributed by atoms with Gasteiger partial charge in [-0.15, -0.1) is 0 Å². The van der Waals surface area contributed by atoms with Gasteiger partial charge >= 0.3 is 0 Å². The van der Waals surface area contributed by atoms with Crippen molar-refractivity contribution in [1.82, 2.24) is 0 Å². The van der Waals surface area contributed by atoms with Gasteiger partial charge in [0, 0.05) is 6.54 Å². The smallest absolute Gasteiger partial charge is 0.143 e. The van der Waals surface area contributed by atoms with Crippen LogP contribution in [0.25, 0.3) is 0 Å². The van der Waals surface area contributed by atoms with E-state index in [2.05, 4.69) is 41.3 Å². The van der Waals surface area contributed by atoms with Crippen LogP contribution in [-0.2, 0) is 6.42 Å². The maximum atomic E-state index is 6.03. The van der Waals surface area contributed by atoms with Gasteiger partial charge in [-0.3, -0.25) is 0 Å². The average Bonchev–Trinajstić information content (AvgIpc) is 2.56. The topological polar surface area (TPSA) is 21.7 Å². The SMILES string of the molecule is COc1cccc(C2COc3cccc4c3N2CCC4)c1. The third kappa shape index (κ3) is 2.04. The summed E-state index contributed by atoms with van der Waals surface area (Å²) in [6.07, 6.45) is 2.35. The number of benzene rings is 2. The molecule has 0 aromatic heterocycles. The van der Waals surface area contributed by atoms with Crippen LogP contribution >= 0.6 is 0 Å². The minimum atomic E-state index is 0.272. The molecule has 0 N–H and O–H groups in total. The van der Waals surface area contributed by atoms with Crippen LogP contribution in [-0.4, -0.2) is 20.3 Å². The van der Waals surface area contributed by atoms with Crippen molar-refractivity contribution in [2.24, 2.45) is 0 Å². The second kappa shape index (κ2) is 4.99. The molecule has 2 aliphatic rings. The highest BCUT2D eigenvalue weighted by molar-refractivity contribution is 5.67. The third-order valence-corrected chi connectivity index (χ3v) is 4.47. The van der Waals surface area contributed by atoms with Crippen molar-refractivity contribution in [2.75, 3.05) is 25.2 Å². The molecular weight excluding hydrogens is 262 g/mol. The van der Waals surface area contributed by atoms with E-state index in [1.165, 1.54) is 23.2 Å². The van der Waals surface area contributed by atoms with Gasteiger partial charge in [0.05, 0.1) is 18.8 Å². The Morgan fingerprint density at radius 3 is 3.00 bits per heavy atom. The lowest BCUT2D eigenvalue weighted by Gasteiger charge is -2.42. The van der Waals surface area contributed by atoms with Crippen molar-refractivity contribution < 1.29 is 9.47 Å². The summed E-state index contributed by atoms with van der Waals surface area (Å²) in [5.74, 6) is 1.94. The monoisotopic (exact) mass is 281 g/mol. The van der Waals surface area contributed by atoms with Crippen LogP contribution in [0.3, 0.4) is 0 Å². The molecule has 0 saturated heterocycles. The summed E-state index contributed by atoms with van der Waals surface area (Å²) in [6.45, 7) is 1.79. The summed E-state index contributed by atoms with van der Waals surface area (Å²) in [5.41, 5.74) is 3.96. The molecule has 3 nitrogen and oxygen atoms in total. The third-order valence-electron chi connectivity index (χ3n) is 4.47. The Hall–Kier alpha value is -2.16. The number of anilines is 1. The molecule has 0 aliphatic carbocycles. The number of rotatable bonds is 2. The predicted octanol–water partition coefficient (Wildman–Crippen LogP) is 3.58. The van der Waals surface area contributed by atoms with Gasteiger partial charge in [-0.1, -0.05) is 24.3 Å². The Kier molecular flexibility index (Phi) is 2.99. The lowest BCUT2D eigenvalue weighted by molar-refractivity contribution is 0.259. The Morgan fingerprint density at radius 1 is 1.19 bits per heavy atom. The van der Waals surface area contributed by atoms with E-state index in [-0.39, 0.29) is 6.04 Å². The van der Waals surface area contributed by atoms with Crippen molar-refractivity contribution in [3.05, 3.63) is 53.6 Å². The molecule has 1 atom stereocenters. The molecule has 21 heavy (non-hydrogen) atoms. The molecule has 2 heterocycles. The van der Waals surface area contributed by atoms with Crippen molar-refractivity contribution >= 4 is 5.69 Å². The molecule has 1 unspecified atom stereocenters. The van der Waals surface area contributed by atoms with E-state index >= 15 is 0 Å². The summed E-state index contributed by atoms with van der Waals surface area (Å²) in [6, 6.07) is 15.0. The first-order valence-corrected chi connectivity index (χ1v) is 7.52. The molecular formula is C18H19NO2. The summed E-state index contributed by atoms with van der Waals surface area (Å²) >= 11 is 0. The summed E-state index contributed by atoms with van der Waals surface area (Å²) in [7, 11) is 1.71. The lowest BCUT2D eigenvalue weighted by atomic mass is 9.95. The fraction of sp³-hybridized carbons (Fsp3) is 0.333. The van der Waals surface area contributed by atoms with E-state index < -0.39 is 0 Å². The Bertz CT molecular complexity index is 654. The minimum absolute atomic E-state index is 0.272. The molecule has 108 valence electrons. The molecule has 0 amide bonds. The summed E-state index contributed by atoms with van der Waals surface area (Å²) in [4.78, 5) is 2.51. The number of aryl methyl sites for hydroxylation is 1. The molecule has 2 aromatic carbocycles. The van der Waals surface area contributed by atoms with Crippen molar-refractivity contribution in [1.29, 1.82) is 0 Å². The number of para-hydroxylation sites is 1. The normalized spacial score (nSPS) is 19.7. The van der Waals surface area contributed by atoms with Gasteiger partial charge < -0.3 is 14.4 Å². The Balaban J connectivity index is 1.77. The summed E-state index contributed by atoms with van der Waals surface area (Å²) < 4.78 is 11.4. The molecule has 0 bridgehead atoms. The predicted molar refractivity (Wildman–Crippen MR) is 83.3 cm³/mol. The number of hydrogen-bond donors (Lipinski definition) is 0. The van der Waals surface area contributed by atoms with E-state index in [1.54, 1.807) is 7.11 Å². The zero-order valence-corrected chi connectivity index (χ0v) is 12.2. The Labute approximate surface area is 125 Å². The number of ether oxygens (including phenoxy) is 2. The molecule has 0 spiro atoms. The number of nitrogens with zero attached hydrogens (tertiary/aromatic N) is 1. The van der Waals surface area contributed by atoms with Crippen LogP contribution in [0.2, 0.25) is 0 Å². The quantitative estimate of drug-likeness (QED) is 0.840. The molecule has 2 aromatic rings. The van der Waals surface area contributed by atoms with Gasteiger partial charge in [-0.25, -0.2) is 0 Å². The standard InChI is InChI=1S/C18H19NO2/c1-20-15-8-2-6-14(11-15)16-12-21-17-9-3-5-13-7-4-10-19(16)18(13)17/h2-3,5-6,8-9,11,16H,4,7,10,12H2,1H3. The van der Waals surface area contributed by atoms with Gasteiger partial charge in [0.15, 0.2) is 0 Å². The molecule has 0 fully saturated rings. The van der Waals surface area contributed by atoms with Crippen LogP contribution in [0.15, 0.2) is 42.5 Å². The first kappa shape index (κ1) is 12.6.